The van der Waals surface area contributed by atoms with Crippen LogP contribution in [-0.4, -0.2) is 19.0 Å². The van der Waals surface area contributed by atoms with Gasteiger partial charge >= 0.3 is 0 Å². The molecule has 88 valence electrons. The van der Waals surface area contributed by atoms with Gasteiger partial charge in [0.1, 0.15) is 5.75 Å². The van der Waals surface area contributed by atoms with Crippen molar-refractivity contribution in [1.82, 2.24) is 0 Å². The number of aliphatic imine (C=N–C) groups is 2. The molecule has 0 unspecified atom stereocenters. The fourth-order valence-corrected chi connectivity index (χ4v) is 0.946. The van der Waals surface area contributed by atoms with E-state index in [4.69, 9.17) is 21.9 Å². The van der Waals surface area contributed by atoms with Crippen LogP contribution in [0.1, 0.15) is 0 Å². The van der Waals surface area contributed by atoms with Gasteiger partial charge in [0, 0.05) is 0 Å². The van der Waals surface area contributed by atoms with E-state index in [2.05, 4.69) is 9.98 Å². The highest BCUT2D eigenvalue weighted by molar-refractivity contribution is 14.0. The first-order valence-electron chi connectivity index (χ1n) is 4.19. The highest BCUT2D eigenvalue weighted by atomic mass is 127. The zero-order valence-electron chi connectivity index (χ0n) is 8.75. The van der Waals surface area contributed by atoms with Crippen molar-refractivity contribution in [1.29, 1.82) is 0 Å². The number of rotatable bonds is 2. The molecule has 7 heteroatoms. The predicted octanol–water partition coefficient (Wildman–Crippen LogP) is 0.533. The van der Waals surface area contributed by atoms with Crippen LogP contribution in [0.5, 0.6) is 5.75 Å². The third kappa shape index (κ3) is 4.82. The lowest BCUT2D eigenvalue weighted by molar-refractivity contribution is 0.415. The smallest absolute Gasteiger partial charge is 0.223 e. The molecule has 0 saturated carbocycles. The summed E-state index contributed by atoms with van der Waals surface area (Å²) in [6.45, 7) is 0. The van der Waals surface area contributed by atoms with Crippen LogP contribution in [0.3, 0.4) is 0 Å². The molecule has 0 radical (unpaired) electrons. The topological polar surface area (TPSA) is 112 Å². The molecule has 0 aromatic heterocycles. The zero-order chi connectivity index (χ0) is 11.3. The Morgan fingerprint density at radius 3 is 2.12 bits per heavy atom. The first-order chi connectivity index (χ1) is 7.11. The summed E-state index contributed by atoms with van der Waals surface area (Å²) in [6, 6.07) is 7.02. The van der Waals surface area contributed by atoms with Crippen molar-refractivity contribution in [2.45, 2.75) is 0 Å². The van der Waals surface area contributed by atoms with E-state index < -0.39 is 0 Å². The van der Waals surface area contributed by atoms with Gasteiger partial charge in [0.15, 0.2) is 5.96 Å². The van der Waals surface area contributed by atoms with Crippen molar-refractivity contribution >= 4 is 41.6 Å². The second-order valence-corrected chi connectivity index (χ2v) is 2.70. The lowest BCUT2D eigenvalue weighted by Gasteiger charge is -1.99. The number of nitrogens with zero attached hydrogens (tertiary/aromatic N) is 2. The first-order valence-corrected chi connectivity index (χ1v) is 4.19. The Hall–Kier alpha value is -1.51. The molecule has 1 rings (SSSR count). The largest absolute Gasteiger partial charge is 0.497 e. The maximum Gasteiger partial charge on any atom is 0.223 e. The van der Waals surface area contributed by atoms with Gasteiger partial charge in [-0.2, -0.15) is 4.99 Å². The average Bonchev–Trinajstić information content (AvgIpc) is 2.17. The summed E-state index contributed by atoms with van der Waals surface area (Å²) in [5, 5.41) is 0. The maximum absolute atomic E-state index is 5.45. The van der Waals surface area contributed by atoms with Crippen molar-refractivity contribution in [2.24, 2.45) is 27.2 Å². The van der Waals surface area contributed by atoms with Gasteiger partial charge < -0.3 is 21.9 Å². The van der Waals surface area contributed by atoms with Gasteiger partial charge in [0.2, 0.25) is 5.96 Å². The van der Waals surface area contributed by atoms with Crippen molar-refractivity contribution in [2.75, 3.05) is 7.11 Å². The average molecular weight is 335 g/mol. The van der Waals surface area contributed by atoms with E-state index in [1.165, 1.54) is 0 Å². The number of ether oxygens (including phenoxy) is 1. The highest BCUT2D eigenvalue weighted by Crippen LogP contribution is 2.17. The molecular weight excluding hydrogens is 321 g/mol. The molecule has 0 aliphatic carbocycles. The van der Waals surface area contributed by atoms with Gasteiger partial charge in [-0.05, 0) is 24.3 Å². The van der Waals surface area contributed by atoms with E-state index in [1.807, 2.05) is 0 Å². The molecule has 0 atom stereocenters. The molecule has 1 aromatic carbocycles. The molecule has 16 heavy (non-hydrogen) atoms. The van der Waals surface area contributed by atoms with Crippen molar-refractivity contribution in [3.63, 3.8) is 0 Å². The summed E-state index contributed by atoms with van der Waals surface area (Å²) >= 11 is 0. The first kappa shape index (κ1) is 14.5. The number of nitrogens with two attached hydrogens (primary N) is 3. The quantitative estimate of drug-likeness (QED) is 0.416. The van der Waals surface area contributed by atoms with Crippen LogP contribution in [0.4, 0.5) is 5.69 Å². The number of guanidine groups is 2. The molecule has 6 nitrogen and oxygen atoms in total. The van der Waals surface area contributed by atoms with Gasteiger partial charge in [-0.1, -0.05) is 0 Å². The second kappa shape index (κ2) is 6.88. The van der Waals surface area contributed by atoms with E-state index in [0.29, 0.717) is 5.69 Å². The number of hydrogen-bond acceptors (Lipinski definition) is 2. The monoisotopic (exact) mass is 335 g/mol. The van der Waals surface area contributed by atoms with Gasteiger partial charge in [-0.25, -0.2) is 4.99 Å². The Bertz CT molecular complexity index is 383. The van der Waals surface area contributed by atoms with Crippen molar-refractivity contribution < 1.29 is 4.74 Å². The van der Waals surface area contributed by atoms with Crippen LogP contribution in [0.25, 0.3) is 0 Å². The summed E-state index contributed by atoms with van der Waals surface area (Å²) in [4.78, 5) is 7.55. The molecule has 0 amide bonds. The van der Waals surface area contributed by atoms with Crippen LogP contribution >= 0.6 is 24.0 Å². The van der Waals surface area contributed by atoms with Crippen LogP contribution < -0.4 is 21.9 Å². The minimum atomic E-state index is -0.121. The standard InChI is InChI=1S/C9H13N5O.HI/c1-15-7-4-2-6(3-5-7)13-9(12)14-8(10)11;/h2-5H,1H3,(H6,10,11,12,13,14);1H. The second-order valence-electron chi connectivity index (χ2n) is 2.70. The van der Waals surface area contributed by atoms with Crippen LogP contribution in [-0.2, 0) is 0 Å². The summed E-state index contributed by atoms with van der Waals surface area (Å²) < 4.78 is 4.99. The highest BCUT2D eigenvalue weighted by Gasteiger charge is 1.93. The third-order valence-electron chi connectivity index (χ3n) is 1.56. The SMILES string of the molecule is COc1ccc(N=C(N)N=C(N)N)cc1.I. The van der Waals surface area contributed by atoms with Crippen molar-refractivity contribution in [3.8, 4) is 5.75 Å². The Labute approximate surface area is 111 Å². The molecule has 0 fully saturated rings. The third-order valence-corrected chi connectivity index (χ3v) is 1.56. The molecule has 0 aliphatic heterocycles. The lowest BCUT2D eigenvalue weighted by atomic mass is 10.3. The molecule has 0 saturated heterocycles. The molecular formula is C9H14IN5O. The maximum atomic E-state index is 5.45. The molecule has 0 spiro atoms. The minimum absolute atomic E-state index is 0. The summed E-state index contributed by atoms with van der Waals surface area (Å²) in [6.07, 6.45) is 0. The minimum Gasteiger partial charge on any atom is -0.497 e. The number of methoxy groups -OCH3 is 1. The normalized spacial score (nSPS) is 10.2. The molecule has 0 aliphatic rings. The van der Waals surface area contributed by atoms with Gasteiger partial charge in [0.25, 0.3) is 0 Å². The van der Waals surface area contributed by atoms with Crippen LogP contribution in [0.15, 0.2) is 34.3 Å². The molecule has 0 heterocycles. The van der Waals surface area contributed by atoms with E-state index in [1.54, 1.807) is 31.4 Å². The van der Waals surface area contributed by atoms with E-state index in [-0.39, 0.29) is 35.9 Å². The predicted molar refractivity (Wildman–Crippen MR) is 75.5 cm³/mol. The van der Waals surface area contributed by atoms with E-state index in [9.17, 15) is 0 Å². The van der Waals surface area contributed by atoms with Gasteiger partial charge in [-0.15, -0.1) is 24.0 Å². The van der Waals surface area contributed by atoms with Gasteiger partial charge in [0.05, 0.1) is 12.8 Å². The Balaban J connectivity index is 0.00000225. The molecule has 1 aromatic rings. The number of hydrogen-bond donors (Lipinski definition) is 3. The molecule has 0 bridgehead atoms. The fraction of sp³-hybridized carbons (Fsp3) is 0.111. The zero-order valence-corrected chi connectivity index (χ0v) is 11.1. The molecule has 6 N–H and O–H groups in total. The Kier molecular flexibility index (Phi) is 6.23. The van der Waals surface area contributed by atoms with Crippen LogP contribution in [0, 0.1) is 0 Å². The summed E-state index contributed by atoms with van der Waals surface area (Å²) in [5.41, 5.74) is 16.4. The Morgan fingerprint density at radius 1 is 1.12 bits per heavy atom. The summed E-state index contributed by atoms with van der Waals surface area (Å²) in [5.74, 6) is 0.638. The van der Waals surface area contributed by atoms with Crippen LogP contribution in [0.2, 0.25) is 0 Å². The van der Waals surface area contributed by atoms with Gasteiger partial charge in [-0.3, -0.25) is 0 Å². The Morgan fingerprint density at radius 2 is 1.69 bits per heavy atom. The number of halogens is 1. The van der Waals surface area contributed by atoms with Crippen molar-refractivity contribution in [3.05, 3.63) is 24.3 Å². The van der Waals surface area contributed by atoms with E-state index >= 15 is 0 Å². The fourth-order valence-electron chi connectivity index (χ4n) is 0.946. The lowest BCUT2D eigenvalue weighted by Crippen LogP contribution is -2.26. The van der Waals surface area contributed by atoms with E-state index in [0.717, 1.165) is 5.75 Å². The number of benzene rings is 1. The summed E-state index contributed by atoms with van der Waals surface area (Å²) in [7, 11) is 1.59.